The molecule has 2 heterocycles. The predicted octanol–water partition coefficient (Wildman–Crippen LogP) is 2.62. The quantitative estimate of drug-likeness (QED) is 0.687. The van der Waals surface area contributed by atoms with Crippen LogP contribution in [-0.4, -0.2) is 30.6 Å². The van der Waals surface area contributed by atoms with Crippen LogP contribution in [0.3, 0.4) is 0 Å². The summed E-state index contributed by atoms with van der Waals surface area (Å²) >= 11 is 0. The molecule has 0 aliphatic carbocycles. The zero-order valence-corrected chi connectivity index (χ0v) is 14.0. The van der Waals surface area contributed by atoms with E-state index in [1.54, 1.807) is 0 Å². The lowest BCUT2D eigenvalue weighted by molar-refractivity contribution is 0.0954. The van der Waals surface area contributed by atoms with Gasteiger partial charge in [0.05, 0.1) is 0 Å². The van der Waals surface area contributed by atoms with Crippen LogP contribution in [0.2, 0.25) is 0 Å². The van der Waals surface area contributed by atoms with Crippen molar-refractivity contribution in [3.8, 4) is 5.75 Å². The molecule has 0 saturated carbocycles. The van der Waals surface area contributed by atoms with Crippen molar-refractivity contribution in [3.63, 3.8) is 0 Å². The molecule has 0 bridgehead atoms. The lowest BCUT2D eigenvalue weighted by atomic mass is 10.1. The summed E-state index contributed by atoms with van der Waals surface area (Å²) in [5, 5.41) is 7.48. The number of carbonyl (C=O) groups excluding carboxylic acids is 1. The third-order valence-electron chi connectivity index (χ3n) is 4.44. The molecular formula is C20H21N3O2. The largest absolute Gasteiger partial charge is 0.492 e. The Balaban J connectivity index is 1.38. The fraction of sp³-hybridized carbons (Fsp3) is 0.250. The second-order valence-electron chi connectivity index (χ2n) is 6.24. The highest BCUT2D eigenvalue weighted by molar-refractivity contribution is 5.94. The Morgan fingerprint density at radius 3 is 3.00 bits per heavy atom. The summed E-state index contributed by atoms with van der Waals surface area (Å²) in [4.78, 5) is 15.8. The number of aromatic amines is 1. The zero-order valence-electron chi connectivity index (χ0n) is 14.0. The predicted molar refractivity (Wildman–Crippen MR) is 98.0 cm³/mol. The molecule has 5 nitrogen and oxygen atoms in total. The third kappa shape index (κ3) is 3.51. The molecule has 25 heavy (non-hydrogen) atoms. The standard InChI is InChI=1S/C20H21N3O2/c24-20(15-5-6-19-16(11-15)13-21-9-10-25-19)22-8-7-17-12-14-3-1-2-4-18(14)23-17/h1-6,11-12,21,23H,7-10,13H2,(H,22,24). The molecule has 0 unspecified atom stereocenters. The van der Waals surface area contributed by atoms with Gasteiger partial charge in [-0.15, -0.1) is 0 Å². The SMILES string of the molecule is O=C(NCCc1cc2ccccc2[nH]1)c1ccc2c(c1)CNCCO2. The number of nitrogens with one attached hydrogen (secondary N) is 3. The van der Waals surface area contributed by atoms with Crippen LogP contribution >= 0.6 is 0 Å². The highest BCUT2D eigenvalue weighted by atomic mass is 16.5. The Bertz CT molecular complexity index is 868. The first kappa shape index (κ1) is 15.7. The summed E-state index contributed by atoms with van der Waals surface area (Å²) in [7, 11) is 0. The number of ether oxygens (including phenoxy) is 1. The van der Waals surface area contributed by atoms with Crippen molar-refractivity contribution in [3.05, 3.63) is 65.4 Å². The molecule has 128 valence electrons. The molecule has 4 rings (SSSR count). The van der Waals surface area contributed by atoms with Crippen molar-refractivity contribution in [1.29, 1.82) is 0 Å². The number of hydrogen-bond donors (Lipinski definition) is 3. The zero-order chi connectivity index (χ0) is 17.1. The van der Waals surface area contributed by atoms with Crippen LogP contribution in [0.15, 0.2) is 48.5 Å². The molecule has 1 aliphatic rings. The van der Waals surface area contributed by atoms with E-state index in [1.165, 1.54) is 5.39 Å². The molecule has 3 aromatic rings. The minimum Gasteiger partial charge on any atom is -0.492 e. The molecule has 0 atom stereocenters. The highest BCUT2D eigenvalue weighted by Crippen LogP contribution is 2.21. The number of fused-ring (bicyclic) bond motifs is 2. The number of para-hydroxylation sites is 1. The molecule has 0 radical (unpaired) electrons. The fourth-order valence-electron chi connectivity index (χ4n) is 3.14. The van der Waals surface area contributed by atoms with Crippen LogP contribution in [0.5, 0.6) is 5.75 Å². The lowest BCUT2D eigenvalue weighted by Crippen LogP contribution is -2.26. The molecule has 2 aromatic carbocycles. The molecule has 3 N–H and O–H groups in total. The van der Waals surface area contributed by atoms with Crippen LogP contribution in [0.1, 0.15) is 21.6 Å². The Morgan fingerprint density at radius 1 is 1.16 bits per heavy atom. The minimum absolute atomic E-state index is 0.0526. The lowest BCUT2D eigenvalue weighted by Gasteiger charge is -2.09. The third-order valence-corrected chi connectivity index (χ3v) is 4.44. The first-order valence-corrected chi connectivity index (χ1v) is 8.61. The van der Waals surface area contributed by atoms with Crippen molar-refractivity contribution >= 4 is 16.8 Å². The summed E-state index contributed by atoms with van der Waals surface area (Å²) in [6.45, 7) is 2.80. The highest BCUT2D eigenvalue weighted by Gasteiger charge is 2.12. The van der Waals surface area contributed by atoms with E-state index >= 15 is 0 Å². The average Bonchev–Trinajstić information content (AvgIpc) is 2.90. The summed E-state index contributed by atoms with van der Waals surface area (Å²) in [5.74, 6) is 0.808. The number of benzene rings is 2. The first-order chi connectivity index (χ1) is 12.3. The van der Waals surface area contributed by atoms with E-state index in [4.69, 9.17) is 4.74 Å². The maximum atomic E-state index is 12.4. The Kier molecular flexibility index (Phi) is 4.39. The summed E-state index contributed by atoms with van der Waals surface area (Å²) in [6.07, 6.45) is 0.774. The molecule has 1 aliphatic heterocycles. The average molecular weight is 335 g/mol. The van der Waals surface area contributed by atoms with Gasteiger partial charge < -0.3 is 20.4 Å². The van der Waals surface area contributed by atoms with E-state index in [0.717, 1.165) is 42.0 Å². The van der Waals surface area contributed by atoms with Crippen molar-refractivity contribution < 1.29 is 9.53 Å². The van der Waals surface area contributed by atoms with Gasteiger partial charge >= 0.3 is 0 Å². The topological polar surface area (TPSA) is 66.2 Å². The molecule has 1 amide bonds. The summed E-state index contributed by atoms with van der Waals surface area (Å²) in [5.41, 5.74) is 3.95. The molecule has 5 heteroatoms. The van der Waals surface area contributed by atoms with E-state index in [9.17, 15) is 4.79 Å². The van der Waals surface area contributed by atoms with Crippen molar-refractivity contribution in [2.45, 2.75) is 13.0 Å². The molecule has 0 spiro atoms. The molecule has 1 aromatic heterocycles. The normalized spacial score (nSPS) is 13.8. The Hall–Kier alpha value is -2.79. The number of aromatic nitrogens is 1. The van der Waals surface area contributed by atoms with E-state index in [1.807, 2.05) is 30.3 Å². The minimum atomic E-state index is -0.0526. The monoisotopic (exact) mass is 335 g/mol. The second kappa shape index (κ2) is 6.99. The number of carbonyl (C=O) groups is 1. The summed E-state index contributed by atoms with van der Waals surface area (Å²) < 4.78 is 5.65. The Morgan fingerprint density at radius 2 is 2.08 bits per heavy atom. The van der Waals surface area contributed by atoms with E-state index < -0.39 is 0 Å². The summed E-state index contributed by atoms with van der Waals surface area (Å²) in [6, 6.07) is 15.9. The second-order valence-corrected chi connectivity index (χ2v) is 6.24. The van der Waals surface area contributed by atoms with Gasteiger partial charge in [0.15, 0.2) is 0 Å². The van der Waals surface area contributed by atoms with Gasteiger partial charge in [0.1, 0.15) is 12.4 Å². The van der Waals surface area contributed by atoms with Crippen LogP contribution in [-0.2, 0) is 13.0 Å². The van der Waals surface area contributed by atoms with Gasteiger partial charge in [-0.05, 0) is 35.7 Å². The van der Waals surface area contributed by atoms with E-state index in [-0.39, 0.29) is 5.91 Å². The van der Waals surface area contributed by atoms with Crippen LogP contribution < -0.4 is 15.4 Å². The van der Waals surface area contributed by atoms with Gasteiger partial charge in [0.25, 0.3) is 5.91 Å². The maximum Gasteiger partial charge on any atom is 0.251 e. The number of rotatable bonds is 4. The number of hydrogen-bond acceptors (Lipinski definition) is 3. The molecule has 0 saturated heterocycles. The van der Waals surface area contributed by atoms with Crippen molar-refractivity contribution in [2.75, 3.05) is 19.7 Å². The molecule has 0 fully saturated rings. The van der Waals surface area contributed by atoms with Gasteiger partial charge in [-0.3, -0.25) is 4.79 Å². The molecular weight excluding hydrogens is 314 g/mol. The Labute approximate surface area is 146 Å². The van der Waals surface area contributed by atoms with Crippen molar-refractivity contribution in [1.82, 2.24) is 15.6 Å². The van der Waals surface area contributed by atoms with Crippen molar-refractivity contribution in [2.24, 2.45) is 0 Å². The van der Waals surface area contributed by atoms with Gasteiger partial charge in [-0.1, -0.05) is 18.2 Å². The maximum absolute atomic E-state index is 12.4. The van der Waals surface area contributed by atoms with Gasteiger partial charge in [-0.25, -0.2) is 0 Å². The van der Waals surface area contributed by atoms with Crippen LogP contribution in [0.4, 0.5) is 0 Å². The van der Waals surface area contributed by atoms with Crippen LogP contribution in [0.25, 0.3) is 10.9 Å². The fourth-order valence-corrected chi connectivity index (χ4v) is 3.14. The van der Waals surface area contributed by atoms with Gasteiger partial charge in [0.2, 0.25) is 0 Å². The van der Waals surface area contributed by atoms with Gasteiger partial charge in [-0.2, -0.15) is 0 Å². The van der Waals surface area contributed by atoms with Crippen LogP contribution in [0, 0.1) is 0 Å². The number of amides is 1. The van der Waals surface area contributed by atoms with E-state index in [0.29, 0.717) is 18.7 Å². The van der Waals surface area contributed by atoms with Gasteiger partial charge in [0, 0.05) is 48.4 Å². The first-order valence-electron chi connectivity index (χ1n) is 8.61. The number of H-pyrrole nitrogens is 1. The van der Waals surface area contributed by atoms with E-state index in [2.05, 4.69) is 33.8 Å². The smallest absolute Gasteiger partial charge is 0.251 e.